The molecule has 0 saturated carbocycles. The molecular weight excluding hydrogens is 278 g/mol. The summed E-state index contributed by atoms with van der Waals surface area (Å²) in [6, 6.07) is 11.4. The van der Waals surface area contributed by atoms with E-state index >= 15 is 0 Å². The van der Waals surface area contributed by atoms with Gasteiger partial charge in [0.25, 0.3) is 0 Å². The summed E-state index contributed by atoms with van der Waals surface area (Å²) in [5.41, 5.74) is 0.481. The molecule has 6 heteroatoms. The van der Waals surface area contributed by atoms with Gasteiger partial charge < -0.3 is 0 Å². The lowest BCUT2D eigenvalue weighted by atomic mass is 10.3. The van der Waals surface area contributed by atoms with Gasteiger partial charge in [0.05, 0.1) is 13.5 Å². The molecule has 0 aromatic heterocycles. The van der Waals surface area contributed by atoms with Crippen molar-refractivity contribution in [2.75, 3.05) is 6.61 Å². The molecule has 0 N–H and O–H groups in total. The second-order valence-corrected chi connectivity index (χ2v) is 4.58. The van der Waals surface area contributed by atoms with E-state index < -0.39 is 21.9 Å². The molecule has 5 nitrogen and oxygen atoms in total. The second-order valence-electron chi connectivity index (χ2n) is 3.79. The van der Waals surface area contributed by atoms with E-state index in [1.165, 1.54) is 6.92 Å². The fourth-order valence-electron chi connectivity index (χ4n) is 1.48. The number of hydroxylamine groups is 2. The molecule has 2 atom stereocenters. The number of para-hydroxylation sites is 1. The highest BCUT2D eigenvalue weighted by Crippen LogP contribution is 2.24. The predicted octanol–water partition coefficient (Wildman–Crippen LogP) is 2.46. The van der Waals surface area contributed by atoms with Crippen LogP contribution < -0.4 is 4.65 Å². The van der Waals surface area contributed by atoms with Gasteiger partial charge in [0.15, 0.2) is 11.7 Å². The summed E-state index contributed by atoms with van der Waals surface area (Å²) in [7, 11) is 0. The zero-order chi connectivity index (χ0) is 15.0. The molecule has 1 amide bonds. The van der Waals surface area contributed by atoms with Gasteiger partial charge in [0.2, 0.25) is 0 Å². The van der Waals surface area contributed by atoms with Crippen molar-refractivity contribution < 1.29 is 17.5 Å². The van der Waals surface area contributed by atoms with Crippen molar-refractivity contribution in [2.24, 2.45) is 0 Å². The maximum atomic E-state index is 12.1. The van der Waals surface area contributed by atoms with Gasteiger partial charge in [-0.1, -0.05) is 25.1 Å². The highest BCUT2D eigenvalue weighted by molar-refractivity contribution is 7.75. The monoisotopic (exact) mass is 296 g/mol. The number of quaternary nitrogens is 1. The number of rotatable bonds is 5. The molecular formula is C14H18NO4S+. The van der Waals surface area contributed by atoms with E-state index in [0.717, 1.165) is 0 Å². The third-order valence-electron chi connectivity index (χ3n) is 2.36. The summed E-state index contributed by atoms with van der Waals surface area (Å²) < 4.78 is 21.1. The standard InChI is InChI=1S/C14H18NO4S/c1-4-6-12-15(13(3)16,19-20(17)18-5-2)14-10-8-7-9-11-14/h7-11H,4-5H2,1-3H3/q+1. The van der Waals surface area contributed by atoms with E-state index in [1.807, 2.05) is 13.0 Å². The van der Waals surface area contributed by atoms with E-state index in [-0.39, 0.29) is 6.61 Å². The number of hydrogen-bond donors (Lipinski definition) is 0. The van der Waals surface area contributed by atoms with Crippen LogP contribution in [0.2, 0.25) is 0 Å². The minimum absolute atomic E-state index is 0.209. The van der Waals surface area contributed by atoms with Gasteiger partial charge in [-0.15, -0.1) is 0 Å². The molecule has 0 bridgehead atoms. The van der Waals surface area contributed by atoms with E-state index in [1.54, 1.807) is 31.2 Å². The van der Waals surface area contributed by atoms with E-state index in [0.29, 0.717) is 12.1 Å². The van der Waals surface area contributed by atoms with Crippen molar-refractivity contribution >= 4 is 23.0 Å². The Morgan fingerprint density at radius 2 is 1.95 bits per heavy atom. The predicted molar refractivity (Wildman–Crippen MR) is 77.8 cm³/mol. The van der Waals surface area contributed by atoms with Gasteiger partial charge in [0.1, 0.15) is 0 Å². The number of benzene rings is 1. The van der Waals surface area contributed by atoms with Crippen molar-refractivity contribution in [3.05, 3.63) is 30.3 Å². The normalized spacial score (nSPS) is 14.8. The molecule has 0 aliphatic heterocycles. The third kappa shape index (κ3) is 3.99. The lowest BCUT2D eigenvalue weighted by Crippen LogP contribution is -2.49. The zero-order valence-electron chi connectivity index (χ0n) is 11.8. The van der Waals surface area contributed by atoms with Crippen LogP contribution in [0, 0.1) is 12.0 Å². The lowest BCUT2D eigenvalue weighted by Gasteiger charge is -2.22. The molecule has 1 aromatic rings. The molecule has 108 valence electrons. The maximum absolute atomic E-state index is 12.1. The quantitative estimate of drug-likeness (QED) is 0.476. The first kappa shape index (κ1) is 16.5. The van der Waals surface area contributed by atoms with Gasteiger partial charge in [-0.2, -0.15) is 4.21 Å². The van der Waals surface area contributed by atoms with Gasteiger partial charge in [-0.05, 0) is 17.1 Å². The molecule has 1 aromatic carbocycles. The Morgan fingerprint density at radius 1 is 1.30 bits per heavy atom. The molecule has 0 aliphatic carbocycles. The largest absolute Gasteiger partial charge is 0.362 e. The van der Waals surface area contributed by atoms with Crippen LogP contribution in [-0.4, -0.2) is 16.7 Å². The van der Waals surface area contributed by atoms with Gasteiger partial charge in [-0.3, -0.25) is 4.18 Å². The first-order valence-electron chi connectivity index (χ1n) is 6.27. The van der Waals surface area contributed by atoms with Crippen LogP contribution >= 0.6 is 0 Å². The number of carbonyl (C=O) groups excluding carboxylic acids is 1. The van der Waals surface area contributed by atoms with Crippen LogP contribution in [0.5, 0.6) is 0 Å². The summed E-state index contributed by atoms with van der Waals surface area (Å²) in [4.78, 5) is 12.1. The minimum Gasteiger partial charge on any atom is -0.265 e. The molecule has 0 aliphatic rings. The van der Waals surface area contributed by atoms with Crippen molar-refractivity contribution in [1.82, 2.24) is 4.65 Å². The topological polar surface area (TPSA) is 52.6 Å². The van der Waals surface area contributed by atoms with Crippen molar-refractivity contribution in [2.45, 2.75) is 27.2 Å². The summed E-state index contributed by atoms with van der Waals surface area (Å²) >= 11 is -2.07. The summed E-state index contributed by atoms with van der Waals surface area (Å²) in [6.45, 7) is 5.08. The van der Waals surface area contributed by atoms with Crippen LogP contribution in [0.1, 0.15) is 27.2 Å². The second kappa shape index (κ2) is 7.92. The molecule has 0 saturated heterocycles. The Morgan fingerprint density at radius 3 is 2.45 bits per heavy atom. The van der Waals surface area contributed by atoms with Gasteiger partial charge in [-0.25, -0.2) is 4.79 Å². The van der Waals surface area contributed by atoms with Gasteiger partial charge in [0, 0.05) is 23.2 Å². The van der Waals surface area contributed by atoms with Crippen LogP contribution in [-0.2, 0) is 24.6 Å². The lowest BCUT2D eigenvalue weighted by molar-refractivity contribution is -0.141. The summed E-state index contributed by atoms with van der Waals surface area (Å²) in [5.74, 6) is 2.40. The SMILES string of the molecule is CCC#C[N+](OS(=O)OCC)(C(C)=O)c1ccccc1. The van der Waals surface area contributed by atoms with Crippen molar-refractivity contribution in [3.8, 4) is 12.0 Å². The van der Waals surface area contributed by atoms with Crippen LogP contribution in [0.4, 0.5) is 5.69 Å². The number of carbonyl (C=O) groups is 1. The number of amides is 1. The Hall–Kier alpha value is -1.52. The number of nitrogens with zero attached hydrogens (tertiary/aromatic N) is 1. The fraction of sp³-hybridized carbons (Fsp3) is 0.357. The van der Waals surface area contributed by atoms with Crippen molar-refractivity contribution in [3.63, 3.8) is 0 Å². The fourth-order valence-corrected chi connectivity index (χ4v) is 2.12. The van der Waals surface area contributed by atoms with Crippen LogP contribution in [0.3, 0.4) is 0 Å². The van der Waals surface area contributed by atoms with E-state index in [4.69, 9.17) is 8.47 Å². The van der Waals surface area contributed by atoms with E-state index in [9.17, 15) is 9.00 Å². The Balaban J connectivity index is 3.29. The van der Waals surface area contributed by atoms with Crippen LogP contribution in [0.25, 0.3) is 0 Å². The van der Waals surface area contributed by atoms with Crippen LogP contribution in [0.15, 0.2) is 30.3 Å². The molecule has 0 spiro atoms. The average Bonchev–Trinajstić information content (AvgIpc) is 2.44. The highest BCUT2D eigenvalue weighted by Gasteiger charge is 2.42. The summed E-state index contributed by atoms with van der Waals surface area (Å²) in [5, 5.41) is 0. The molecule has 0 fully saturated rings. The van der Waals surface area contributed by atoms with Crippen molar-refractivity contribution in [1.29, 1.82) is 0 Å². The third-order valence-corrected chi connectivity index (χ3v) is 3.14. The van der Waals surface area contributed by atoms with E-state index in [2.05, 4.69) is 12.0 Å². The molecule has 1 rings (SSSR count). The molecule has 0 radical (unpaired) electrons. The Labute approximate surface area is 121 Å². The first-order valence-corrected chi connectivity index (χ1v) is 7.27. The number of hydrogen-bond acceptors (Lipinski definition) is 4. The maximum Gasteiger partial charge on any atom is 0.362 e. The summed E-state index contributed by atoms with van der Waals surface area (Å²) in [6.07, 6.45) is 0.546. The Kier molecular flexibility index (Phi) is 6.55. The molecule has 20 heavy (non-hydrogen) atoms. The average molecular weight is 296 g/mol. The highest BCUT2D eigenvalue weighted by atomic mass is 32.2. The Bertz CT molecular complexity index is 535. The minimum atomic E-state index is -2.07. The van der Waals surface area contributed by atoms with Gasteiger partial charge >= 0.3 is 17.3 Å². The molecule has 0 heterocycles. The smallest absolute Gasteiger partial charge is 0.265 e. The molecule has 2 unspecified atom stereocenters. The zero-order valence-corrected chi connectivity index (χ0v) is 12.6. The first-order chi connectivity index (χ1) is 9.56.